The van der Waals surface area contributed by atoms with Gasteiger partial charge in [-0.3, -0.25) is 4.79 Å². The number of carbonyl (C=O) groups excluding carboxylic acids is 1. The van der Waals surface area contributed by atoms with Gasteiger partial charge in [0.25, 0.3) is 5.91 Å². The third-order valence-corrected chi connectivity index (χ3v) is 4.34. The lowest BCUT2D eigenvalue weighted by atomic mass is 9.91. The number of piperidine rings is 1. The van der Waals surface area contributed by atoms with Gasteiger partial charge in [0.2, 0.25) is 0 Å². The number of carbonyl (C=O) groups is 1. The van der Waals surface area contributed by atoms with E-state index in [0.717, 1.165) is 30.4 Å². The molecular weight excluding hydrogens is 356 g/mol. The van der Waals surface area contributed by atoms with Crippen LogP contribution in [0.5, 0.6) is 5.75 Å². The highest BCUT2D eigenvalue weighted by molar-refractivity contribution is 9.10. The van der Waals surface area contributed by atoms with E-state index in [1.54, 1.807) is 0 Å². The third kappa shape index (κ3) is 5.49. The lowest BCUT2D eigenvalue weighted by Gasteiger charge is -2.33. The molecule has 21 heavy (non-hydrogen) atoms. The standard InChI is InChI=1S/C15H21BrN2O2.ClH/c1-11(17)12-6-8-18(9-7-12)15(19)10-20-14-4-2-13(16)3-5-14;/h2-5,11-12H,6-10,17H2,1H3;1H. The van der Waals surface area contributed by atoms with Gasteiger partial charge in [0.1, 0.15) is 5.75 Å². The molecule has 1 aromatic carbocycles. The first kappa shape index (κ1) is 18.3. The first-order chi connectivity index (χ1) is 9.56. The van der Waals surface area contributed by atoms with Crippen LogP contribution in [0.2, 0.25) is 0 Å². The van der Waals surface area contributed by atoms with E-state index in [-0.39, 0.29) is 31.0 Å². The van der Waals surface area contributed by atoms with Crippen LogP contribution in [0.4, 0.5) is 0 Å². The van der Waals surface area contributed by atoms with Gasteiger partial charge in [-0.1, -0.05) is 15.9 Å². The van der Waals surface area contributed by atoms with Crippen molar-refractivity contribution in [1.82, 2.24) is 4.90 Å². The Hall–Kier alpha value is -0.780. The van der Waals surface area contributed by atoms with Crippen LogP contribution in [-0.4, -0.2) is 36.5 Å². The fraction of sp³-hybridized carbons (Fsp3) is 0.533. The second kappa shape index (κ2) is 8.61. The molecule has 1 heterocycles. The van der Waals surface area contributed by atoms with Crippen molar-refractivity contribution in [1.29, 1.82) is 0 Å². The Morgan fingerprint density at radius 2 is 1.95 bits per heavy atom. The van der Waals surface area contributed by atoms with Crippen molar-refractivity contribution in [2.24, 2.45) is 11.7 Å². The fourth-order valence-corrected chi connectivity index (χ4v) is 2.71. The molecule has 118 valence electrons. The van der Waals surface area contributed by atoms with E-state index in [0.29, 0.717) is 11.7 Å². The highest BCUT2D eigenvalue weighted by atomic mass is 79.9. The Morgan fingerprint density at radius 3 is 2.48 bits per heavy atom. The largest absolute Gasteiger partial charge is 0.484 e. The van der Waals surface area contributed by atoms with E-state index in [1.807, 2.05) is 36.1 Å². The maximum Gasteiger partial charge on any atom is 0.260 e. The molecule has 1 atom stereocenters. The van der Waals surface area contributed by atoms with E-state index in [4.69, 9.17) is 10.5 Å². The van der Waals surface area contributed by atoms with E-state index in [2.05, 4.69) is 15.9 Å². The Bertz CT molecular complexity index is 445. The molecule has 2 rings (SSSR count). The number of hydrogen-bond donors (Lipinski definition) is 1. The minimum Gasteiger partial charge on any atom is -0.484 e. The molecule has 2 N–H and O–H groups in total. The Morgan fingerprint density at radius 1 is 1.38 bits per heavy atom. The van der Waals surface area contributed by atoms with Crippen LogP contribution in [0.3, 0.4) is 0 Å². The number of hydrogen-bond acceptors (Lipinski definition) is 3. The number of amides is 1. The van der Waals surface area contributed by atoms with Crippen molar-refractivity contribution in [2.75, 3.05) is 19.7 Å². The summed E-state index contributed by atoms with van der Waals surface area (Å²) in [4.78, 5) is 13.9. The molecule has 1 amide bonds. The molecular formula is C15H22BrClN2O2. The molecule has 0 aliphatic carbocycles. The number of nitrogens with zero attached hydrogens (tertiary/aromatic N) is 1. The number of halogens is 2. The molecule has 1 aliphatic heterocycles. The normalized spacial score (nSPS) is 17.0. The molecule has 0 radical (unpaired) electrons. The van der Waals surface area contributed by atoms with Crippen molar-refractivity contribution < 1.29 is 9.53 Å². The Kier molecular flexibility index (Phi) is 7.49. The summed E-state index contributed by atoms with van der Waals surface area (Å²) in [5.41, 5.74) is 5.90. The zero-order chi connectivity index (χ0) is 14.5. The average Bonchev–Trinajstić information content (AvgIpc) is 2.46. The number of ether oxygens (including phenoxy) is 1. The van der Waals surface area contributed by atoms with Gasteiger partial charge >= 0.3 is 0 Å². The smallest absolute Gasteiger partial charge is 0.260 e. The summed E-state index contributed by atoms with van der Waals surface area (Å²) in [6.45, 7) is 3.72. The molecule has 1 unspecified atom stereocenters. The van der Waals surface area contributed by atoms with Crippen LogP contribution in [0.25, 0.3) is 0 Å². The first-order valence-corrected chi connectivity index (χ1v) is 7.77. The number of rotatable bonds is 4. The minimum atomic E-state index is 0. The van der Waals surface area contributed by atoms with Gasteiger partial charge in [-0.15, -0.1) is 12.4 Å². The maximum atomic E-state index is 12.1. The number of benzene rings is 1. The summed E-state index contributed by atoms with van der Waals surface area (Å²) in [7, 11) is 0. The molecule has 0 saturated carbocycles. The lowest BCUT2D eigenvalue weighted by molar-refractivity contribution is -0.134. The molecule has 0 bridgehead atoms. The molecule has 4 nitrogen and oxygen atoms in total. The molecule has 1 fully saturated rings. The van der Waals surface area contributed by atoms with Crippen LogP contribution in [0, 0.1) is 5.92 Å². The molecule has 6 heteroatoms. The van der Waals surface area contributed by atoms with Crippen LogP contribution < -0.4 is 10.5 Å². The quantitative estimate of drug-likeness (QED) is 0.878. The summed E-state index contributed by atoms with van der Waals surface area (Å²) in [6, 6.07) is 7.70. The highest BCUT2D eigenvalue weighted by Gasteiger charge is 2.24. The fourth-order valence-electron chi connectivity index (χ4n) is 2.44. The van der Waals surface area contributed by atoms with Crippen molar-refractivity contribution in [3.05, 3.63) is 28.7 Å². The second-order valence-corrected chi connectivity index (χ2v) is 6.24. The van der Waals surface area contributed by atoms with Crippen LogP contribution >= 0.6 is 28.3 Å². The Labute approximate surface area is 140 Å². The van der Waals surface area contributed by atoms with Gasteiger partial charge in [0.05, 0.1) is 0 Å². The second-order valence-electron chi connectivity index (χ2n) is 5.32. The third-order valence-electron chi connectivity index (χ3n) is 3.81. The first-order valence-electron chi connectivity index (χ1n) is 6.98. The molecule has 0 spiro atoms. The van der Waals surface area contributed by atoms with Gasteiger partial charge in [-0.25, -0.2) is 0 Å². The predicted molar refractivity (Wildman–Crippen MR) is 89.8 cm³/mol. The summed E-state index contributed by atoms with van der Waals surface area (Å²) in [5.74, 6) is 1.30. The summed E-state index contributed by atoms with van der Waals surface area (Å²) >= 11 is 3.36. The SMILES string of the molecule is CC(N)C1CCN(C(=O)COc2ccc(Br)cc2)CC1.Cl. The average molecular weight is 378 g/mol. The molecule has 1 saturated heterocycles. The monoisotopic (exact) mass is 376 g/mol. The van der Waals surface area contributed by atoms with Crippen molar-refractivity contribution >= 4 is 34.2 Å². The molecule has 1 aliphatic rings. The van der Waals surface area contributed by atoms with Gasteiger partial charge in [-0.2, -0.15) is 0 Å². The van der Waals surface area contributed by atoms with Crippen LogP contribution in [-0.2, 0) is 4.79 Å². The van der Waals surface area contributed by atoms with Gasteiger partial charge < -0.3 is 15.4 Å². The van der Waals surface area contributed by atoms with E-state index < -0.39 is 0 Å². The van der Waals surface area contributed by atoms with E-state index in [1.165, 1.54) is 0 Å². The molecule has 1 aromatic rings. The summed E-state index contributed by atoms with van der Waals surface area (Å²) in [6.07, 6.45) is 1.98. The Balaban J connectivity index is 0.00000220. The summed E-state index contributed by atoms with van der Waals surface area (Å²) < 4.78 is 6.51. The van der Waals surface area contributed by atoms with Crippen molar-refractivity contribution in [3.63, 3.8) is 0 Å². The van der Waals surface area contributed by atoms with Gasteiger partial charge in [0, 0.05) is 23.6 Å². The topological polar surface area (TPSA) is 55.6 Å². The highest BCUT2D eigenvalue weighted by Crippen LogP contribution is 2.20. The lowest BCUT2D eigenvalue weighted by Crippen LogP contribution is -2.44. The van der Waals surface area contributed by atoms with E-state index >= 15 is 0 Å². The molecule has 0 aromatic heterocycles. The summed E-state index contributed by atoms with van der Waals surface area (Å²) in [5, 5.41) is 0. The number of nitrogens with two attached hydrogens (primary N) is 1. The van der Waals surface area contributed by atoms with Crippen molar-refractivity contribution in [3.8, 4) is 5.75 Å². The van der Waals surface area contributed by atoms with Gasteiger partial charge in [0.15, 0.2) is 6.61 Å². The van der Waals surface area contributed by atoms with Gasteiger partial charge in [-0.05, 0) is 49.9 Å². The van der Waals surface area contributed by atoms with Crippen LogP contribution in [0.1, 0.15) is 19.8 Å². The van der Waals surface area contributed by atoms with E-state index in [9.17, 15) is 4.79 Å². The zero-order valence-corrected chi connectivity index (χ0v) is 14.5. The van der Waals surface area contributed by atoms with Crippen LogP contribution in [0.15, 0.2) is 28.7 Å². The zero-order valence-electron chi connectivity index (χ0n) is 12.1. The van der Waals surface area contributed by atoms with Crippen molar-refractivity contribution in [2.45, 2.75) is 25.8 Å². The number of likely N-dealkylation sites (tertiary alicyclic amines) is 1. The predicted octanol–water partition coefficient (Wildman–Crippen LogP) is 2.84. The maximum absolute atomic E-state index is 12.1. The minimum absolute atomic E-state index is 0.